The third-order valence-corrected chi connectivity index (χ3v) is 2.82. The van der Waals surface area contributed by atoms with Crippen molar-refractivity contribution < 1.29 is 4.79 Å². The molecule has 0 heterocycles. The summed E-state index contributed by atoms with van der Waals surface area (Å²) in [7, 11) is 0. The first-order valence-electron chi connectivity index (χ1n) is 4.83. The zero-order valence-electron chi connectivity index (χ0n) is 7.86. The lowest BCUT2D eigenvalue weighted by Crippen LogP contribution is -2.04. The topological polar surface area (TPSA) is 17.1 Å². The highest BCUT2D eigenvalue weighted by molar-refractivity contribution is 5.64. The number of hydrogen-bond donors (Lipinski definition) is 0. The van der Waals surface area contributed by atoms with Crippen LogP contribution in [0.1, 0.15) is 29.9 Å². The number of hydrogen-bond acceptors (Lipinski definition) is 1. The molecule has 0 radical (unpaired) electrons. The van der Waals surface area contributed by atoms with E-state index in [-0.39, 0.29) is 5.92 Å². The van der Waals surface area contributed by atoms with Crippen LogP contribution in [-0.4, -0.2) is 6.29 Å². The molecule has 0 spiro atoms. The van der Waals surface area contributed by atoms with Crippen LogP contribution in [0.4, 0.5) is 0 Å². The maximum atomic E-state index is 10.9. The molecule has 2 rings (SSSR count). The predicted octanol–water partition coefficient (Wildman–Crippen LogP) is 2.69. The summed E-state index contributed by atoms with van der Waals surface area (Å²) < 4.78 is 0. The standard InChI is InChI=1S/C12H14O/c1-9-4-2-3-5-11(9)12(8-13)10-6-7-10/h2-5,8,10,12H,6-7H2,1H3. The fraction of sp³-hybridized carbons (Fsp3) is 0.417. The van der Waals surface area contributed by atoms with Gasteiger partial charge in [0.15, 0.2) is 0 Å². The normalized spacial score (nSPS) is 18.2. The molecule has 1 fully saturated rings. The summed E-state index contributed by atoms with van der Waals surface area (Å²) in [6.07, 6.45) is 3.55. The smallest absolute Gasteiger partial charge is 0.127 e. The molecule has 1 heteroatoms. The van der Waals surface area contributed by atoms with Crippen LogP contribution in [0.2, 0.25) is 0 Å². The van der Waals surface area contributed by atoms with Crippen molar-refractivity contribution in [1.29, 1.82) is 0 Å². The van der Waals surface area contributed by atoms with E-state index in [1.165, 1.54) is 24.0 Å². The maximum Gasteiger partial charge on any atom is 0.127 e. The number of carbonyl (C=O) groups is 1. The number of rotatable bonds is 3. The van der Waals surface area contributed by atoms with Crippen LogP contribution in [0, 0.1) is 12.8 Å². The molecule has 1 aliphatic carbocycles. The molecule has 13 heavy (non-hydrogen) atoms. The maximum absolute atomic E-state index is 10.9. The van der Waals surface area contributed by atoms with Crippen molar-refractivity contribution in [3.8, 4) is 0 Å². The van der Waals surface area contributed by atoms with Crippen molar-refractivity contribution in [2.75, 3.05) is 0 Å². The van der Waals surface area contributed by atoms with E-state index < -0.39 is 0 Å². The van der Waals surface area contributed by atoms with Gasteiger partial charge in [-0.05, 0) is 36.8 Å². The van der Waals surface area contributed by atoms with Crippen LogP contribution in [0.25, 0.3) is 0 Å². The molecule has 0 amide bonds. The van der Waals surface area contributed by atoms with Gasteiger partial charge >= 0.3 is 0 Å². The third-order valence-electron chi connectivity index (χ3n) is 2.82. The third kappa shape index (κ3) is 1.64. The van der Waals surface area contributed by atoms with Gasteiger partial charge in [-0.25, -0.2) is 0 Å². The Bertz CT molecular complexity index is 313. The first-order valence-corrected chi connectivity index (χ1v) is 4.83. The molecule has 1 nitrogen and oxygen atoms in total. The number of aryl methyl sites for hydroxylation is 1. The summed E-state index contributed by atoms with van der Waals surface area (Å²) in [5.74, 6) is 0.778. The monoisotopic (exact) mass is 174 g/mol. The zero-order chi connectivity index (χ0) is 9.26. The summed E-state index contributed by atoms with van der Waals surface area (Å²) >= 11 is 0. The van der Waals surface area contributed by atoms with Crippen LogP contribution in [0.5, 0.6) is 0 Å². The van der Waals surface area contributed by atoms with Crippen LogP contribution in [-0.2, 0) is 4.79 Å². The second-order valence-corrected chi connectivity index (χ2v) is 3.86. The van der Waals surface area contributed by atoms with Crippen molar-refractivity contribution in [3.63, 3.8) is 0 Å². The summed E-state index contributed by atoms with van der Waals surface area (Å²) in [5, 5.41) is 0. The molecule has 0 aromatic heterocycles. The number of benzene rings is 1. The van der Waals surface area contributed by atoms with E-state index in [2.05, 4.69) is 19.1 Å². The molecular formula is C12H14O. The Morgan fingerprint density at radius 2 is 2.08 bits per heavy atom. The van der Waals surface area contributed by atoms with Crippen LogP contribution in [0.3, 0.4) is 0 Å². The number of carbonyl (C=O) groups excluding carboxylic acids is 1. The Balaban J connectivity index is 2.31. The van der Waals surface area contributed by atoms with E-state index in [1.54, 1.807) is 0 Å². The molecule has 1 saturated carbocycles. The van der Waals surface area contributed by atoms with E-state index in [0.29, 0.717) is 5.92 Å². The van der Waals surface area contributed by atoms with Gasteiger partial charge in [-0.3, -0.25) is 0 Å². The molecule has 1 unspecified atom stereocenters. The largest absolute Gasteiger partial charge is 0.303 e. The van der Waals surface area contributed by atoms with Gasteiger partial charge in [-0.1, -0.05) is 24.3 Å². The van der Waals surface area contributed by atoms with Crippen molar-refractivity contribution in [2.24, 2.45) is 5.92 Å². The first-order chi connectivity index (χ1) is 6.33. The van der Waals surface area contributed by atoms with Crippen LogP contribution >= 0.6 is 0 Å². The molecule has 1 aromatic rings. The summed E-state index contributed by atoms with van der Waals surface area (Å²) in [5.41, 5.74) is 2.46. The molecule has 1 aromatic carbocycles. The molecule has 1 aliphatic rings. The Hall–Kier alpha value is -1.11. The highest BCUT2D eigenvalue weighted by Gasteiger charge is 2.32. The first kappa shape index (κ1) is 8.49. The van der Waals surface area contributed by atoms with Gasteiger partial charge < -0.3 is 4.79 Å². The van der Waals surface area contributed by atoms with Crippen molar-refractivity contribution >= 4 is 6.29 Å². The van der Waals surface area contributed by atoms with Gasteiger partial charge in [0.05, 0.1) is 0 Å². The fourth-order valence-corrected chi connectivity index (χ4v) is 1.85. The minimum absolute atomic E-state index is 0.154. The summed E-state index contributed by atoms with van der Waals surface area (Å²) in [6, 6.07) is 8.19. The van der Waals surface area contributed by atoms with Gasteiger partial charge in [0.2, 0.25) is 0 Å². The van der Waals surface area contributed by atoms with Crippen LogP contribution < -0.4 is 0 Å². The minimum Gasteiger partial charge on any atom is -0.303 e. The van der Waals surface area contributed by atoms with E-state index in [9.17, 15) is 4.79 Å². The summed E-state index contributed by atoms with van der Waals surface area (Å²) in [6.45, 7) is 2.08. The quantitative estimate of drug-likeness (QED) is 0.644. The molecule has 0 bridgehead atoms. The van der Waals surface area contributed by atoms with Crippen molar-refractivity contribution in [2.45, 2.75) is 25.7 Å². The molecule has 0 aliphatic heterocycles. The average molecular weight is 174 g/mol. The average Bonchev–Trinajstić information content (AvgIpc) is 2.93. The van der Waals surface area contributed by atoms with Gasteiger partial charge in [0.25, 0.3) is 0 Å². The van der Waals surface area contributed by atoms with Crippen molar-refractivity contribution in [1.82, 2.24) is 0 Å². The Labute approximate surface area is 78.8 Å². The van der Waals surface area contributed by atoms with E-state index in [1.807, 2.05) is 12.1 Å². The second kappa shape index (κ2) is 3.33. The SMILES string of the molecule is Cc1ccccc1C(C=O)C1CC1. The molecule has 1 atom stereocenters. The lowest BCUT2D eigenvalue weighted by atomic mass is 9.92. The lowest BCUT2D eigenvalue weighted by Gasteiger charge is -2.11. The predicted molar refractivity (Wildman–Crippen MR) is 52.7 cm³/mol. The Morgan fingerprint density at radius 1 is 1.38 bits per heavy atom. The van der Waals surface area contributed by atoms with E-state index in [4.69, 9.17) is 0 Å². The molecule has 68 valence electrons. The van der Waals surface area contributed by atoms with E-state index in [0.717, 1.165) is 6.29 Å². The van der Waals surface area contributed by atoms with Gasteiger partial charge in [0, 0.05) is 5.92 Å². The zero-order valence-corrected chi connectivity index (χ0v) is 7.86. The lowest BCUT2D eigenvalue weighted by molar-refractivity contribution is -0.109. The highest BCUT2D eigenvalue weighted by atomic mass is 16.1. The molecular weight excluding hydrogens is 160 g/mol. The second-order valence-electron chi connectivity index (χ2n) is 3.86. The Kier molecular flexibility index (Phi) is 2.17. The van der Waals surface area contributed by atoms with Gasteiger partial charge in [0.1, 0.15) is 6.29 Å². The highest BCUT2D eigenvalue weighted by Crippen LogP contribution is 2.42. The van der Waals surface area contributed by atoms with E-state index >= 15 is 0 Å². The molecule has 0 saturated heterocycles. The van der Waals surface area contributed by atoms with Gasteiger partial charge in [-0.15, -0.1) is 0 Å². The van der Waals surface area contributed by atoms with Crippen LogP contribution in [0.15, 0.2) is 24.3 Å². The summed E-state index contributed by atoms with van der Waals surface area (Å²) in [4.78, 5) is 10.9. The Morgan fingerprint density at radius 3 is 2.62 bits per heavy atom. The number of aldehydes is 1. The van der Waals surface area contributed by atoms with Crippen molar-refractivity contribution in [3.05, 3.63) is 35.4 Å². The molecule has 0 N–H and O–H groups in total. The fourth-order valence-electron chi connectivity index (χ4n) is 1.85. The minimum atomic E-state index is 0.154. The van der Waals surface area contributed by atoms with Gasteiger partial charge in [-0.2, -0.15) is 0 Å².